The van der Waals surface area contributed by atoms with Gasteiger partial charge in [0.05, 0.1) is 6.33 Å². The van der Waals surface area contributed by atoms with E-state index in [1.165, 1.54) is 32.0 Å². The normalized spacial score (nSPS) is 31.7. The van der Waals surface area contributed by atoms with Crippen molar-refractivity contribution >= 4 is 10.0 Å². The van der Waals surface area contributed by atoms with Gasteiger partial charge in [0.2, 0.25) is 0 Å². The Morgan fingerprint density at radius 3 is 2.89 bits per heavy atom. The van der Waals surface area contributed by atoms with Gasteiger partial charge in [0, 0.05) is 19.3 Å². The van der Waals surface area contributed by atoms with E-state index in [-0.39, 0.29) is 11.1 Å². The largest absolute Gasteiger partial charge is 0.339 e. The van der Waals surface area contributed by atoms with Crippen LogP contribution in [0.1, 0.15) is 32.1 Å². The Bertz CT molecular complexity index is 537. The predicted octanol–water partition coefficient (Wildman–Crippen LogP) is 1.28. The summed E-state index contributed by atoms with van der Waals surface area (Å²) in [7, 11) is -1.67. The standard InChI is InChI=1S/C12H19N3O2S/c1-15-7-12(13-8-15)18(16,17)14-11-6-5-9-3-2-4-10(9)11/h7-11,14H,2-6H2,1H3/t9-,10-,11-/m0/s1. The zero-order valence-electron chi connectivity index (χ0n) is 10.5. The van der Waals surface area contributed by atoms with Gasteiger partial charge in [0.15, 0.2) is 5.03 Å². The Balaban J connectivity index is 1.76. The molecule has 3 atom stereocenters. The Morgan fingerprint density at radius 2 is 2.17 bits per heavy atom. The van der Waals surface area contributed by atoms with Gasteiger partial charge in [-0.05, 0) is 31.1 Å². The Kier molecular flexibility index (Phi) is 2.94. The summed E-state index contributed by atoms with van der Waals surface area (Å²) in [5.41, 5.74) is 0. The van der Waals surface area contributed by atoms with Gasteiger partial charge in [-0.1, -0.05) is 12.8 Å². The highest BCUT2D eigenvalue weighted by molar-refractivity contribution is 7.89. The van der Waals surface area contributed by atoms with Gasteiger partial charge in [0.1, 0.15) is 0 Å². The van der Waals surface area contributed by atoms with Crippen LogP contribution in [0.25, 0.3) is 0 Å². The summed E-state index contributed by atoms with van der Waals surface area (Å²) in [6.45, 7) is 0. The molecule has 1 aromatic rings. The van der Waals surface area contributed by atoms with Crippen molar-refractivity contribution in [2.75, 3.05) is 0 Å². The Morgan fingerprint density at radius 1 is 1.33 bits per heavy atom. The van der Waals surface area contributed by atoms with Crippen LogP contribution in [0.2, 0.25) is 0 Å². The number of nitrogens with zero attached hydrogens (tertiary/aromatic N) is 2. The molecule has 0 aromatic carbocycles. The Labute approximate surface area is 108 Å². The summed E-state index contributed by atoms with van der Waals surface area (Å²) >= 11 is 0. The van der Waals surface area contributed by atoms with Crippen molar-refractivity contribution in [1.29, 1.82) is 0 Å². The van der Waals surface area contributed by atoms with Crippen LogP contribution in [0.5, 0.6) is 0 Å². The van der Waals surface area contributed by atoms with Gasteiger partial charge in [-0.3, -0.25) is 0 Å². The average molecular weight is 269 g/mol. The number of fused-ring (bicyclic) bond motifs is 1. The molecule has 100 valence electrons. The molecule has 2 fully saturated rings. The zero-order valence-corrected chi connectivity index (χ0v) is 11.4. The van der Waals surface area contributed by atoms with Crippen molar-refractivity contribution in [3.05, 3.63) is 12.5 Å². The number of hydrogen-bond donors (Lipinski definition) is 1. The highest BCUT2D eigenvalue weighted by Crippen LogP contribution is 2.44. The van der Waals surface area contributed by atoms with Crippen molar-refractivity contribution in [3.8, 4) is 0 Å². The number of imidazole rings is 1. The molecular formula is C12H19N3O2S. The topological polar surface area (TPSA) is 64.0 Å². The molecule has 0 bridgehead atoms. The van der Waals surface area contributed by atoms with E-state index in [9.17, 15) is 8.42 Å². The molecule has 1 N–H and O–H groups in total. The maximum absolute atomic E-state index is 12.2. The summed E-state index contributed by atoms with van der Waals surface area (Å²) in [6, 6.07) is 0.115. The molecule has 0 amide bonds. The van der Waals surface area contributed by atoms with Crippen LogP contribution in [-0.2, 0) is 17.1 Å². The van der Waals surface area contributed by atoms with Crippen molar-refractivity contribution in [1.82, 2.24) is 14.3 Å². The molecule has 3 rings (SSSR count). The lowest BCUT2D eigenvalue weighted by molar-refractivity contribution is 0.399. The third kappa shape index (κ3) is 2.07. The van der Waals surface area contributed by atoms with Gasteiger partial charge in [-0.2, -0.15) is 0 Å². The Hall–Kier alpha value is -0.880. The smallest absolute Gasteiger partial charge is 0.259 e. The fourth-order valence-electron chi connectivity index (χ4n) is 3.49. The second-order valence-corrected chi connectivity index (χ2v) is 7.20. The minimum absolute atomic E-state index is 0.115. The number of hydrogen-bond acceptors (Lipinski definition) is 3. The first-order valence-corrected chi connectivity index (χ1v) is 8.05. The molecular weight excluding hydrogens is 250 g/mol. The molecule has 2 aliphatic carbocycles. The van der Waals surface area contributed by atoms with Crippen molar-refractivity contribution in [2.24, 2.45) is 18.9 Å². The van der Waals surface area contributed by atoms with Gasteiger partial charge in [0.25, 0.3) is 10.0 Å². The van der Waals surface area contributed by atoms with Crippen LogP contribution in [0.15, 0.2) is 17.6 Å². The fourth-order valence-corrected chi connectivity index (χ4v) is 4.80. The first-order valence-electron chi connectivity index (χ1n) is 6.56. The van der Waals surface area contributed by atoms with E-state index in [1.54, 1.807) is 17.8 Å². The lowest BCUT2D eigenvalue weighted by Crippen LogP contribution is -2.37. The second-order valence-electron chi connectivity index (χ2n) is 5.54. The monoisotopic (exact) mass is 269 g/mol. The van der Waals surface area contributed by atoms with E-state index >= 15 is 0 Å². The van der Waals surface area contributed by atoms with Gasteiger partial charge in [-0.15, -0.1) is 0 Å². The fraction of sp³-hybridized carbons (Fsp3) is 0.750. The maximum Gasteiger partial charge on any atom is 0.259 e. The van der Waals surface area contributed by atoms with Gasteiger partial charge >= 0.3 is 0 Å². The summed E-state index contributed by atoms with van der Waals surface area (Å²) < 4.78 is 28.9. The summed E-state index contributed by atoms with van der Waals surface area (Å²) in [5.74, 6) is 1.28. The van der Waals surface area contributed by atoms with E-state index in [2.05, 4.69) is 9.71 Å². The van der Waals surface area contributed by atoms with Gasteiger partial charge < -0.3 is 4.57 Å². The second kappa shape index (κ2) is 4.35. The van der Waals surface area contributed by atoms with E-state index in [1.807, 2.05) is 0 Å². The molecule has 6 heteroatoms. The van der Waals surface area contributed by atoms with Crippen LogP contribution in [0.4, 0.5) is 0 Å². The predicted molar refractivity (Wildman–Crippen MR) is 67.4 cm³/mol. The third-order valence-electron chi connectivity index (χ3n) is 4.35. The average Bonchev–Trinajstić information content (AvgIpc) is 2.96. The van der Waals surface area contributed by atoms with Crippen molar-refractivity contribution in [3.63, 3.8) is 0 Å². The molecule has 5 nitrogen and oxygen atoms in total. The van der Waals surface area contributed by atoms with Crippen molar-refractivity contribution < 1.29 is 8.42 Å². The summed E-state index contributed by atoms with van der Waals surface area (Å²) in [6.07, 6.45) is 8.89. The lowest BCUT2D eigenvalue weighted by Gasteiger charge is -2.19. The van der Waals surface area contributed by atoms with Crippen LogP contribution in [-0.4, -0.2) is 24.0 Å². The molecule has 0 aliphatic heterocycles. The van der Waals surface area contributed by atoms with E-state index in [0.717, 1.165) is 12.3 Å². The quantitative estimate of drug-likeness (QED) is 0.899. The molecule has 2 saturated carbocycles. The molecule has 1 heterocycles. The lowest BCUT2D eigenvalue weighted by atomic mass is 9.98. The van der Waals surface area contributed by atoms with Crippen LogP contribution in [0, 0.1) is 11.8 Å². The number of aryl methyl sites for hydroxylation is 1. The highest BCUT2D eigenvalue weighted by Gasteiger charge is 2.41. The molecule has 2 aliphatic rings. The van der Waals surface area contributed by atoms with Crippen LogP contribution < -0.4 is 4.72 Å². The van der Waals surface area contributed by atoms with E-state index < -0.39 is 10.0 Å². The minimum atomic E-state index is -3.44. The SMILES string of the molecule is Cn1cnc(S(=O)(=O)N[C@H]2CC[C@@H]3CCC[C@@H]32)c1. The molecule has 1 aromatic heterocycles. The third-order valence-corrected chi connectivity index (χ3v) is 5.72. The molecule has 0 unspecified atom stereocenters. The molecule has 0 spiro atoms. The first-order chi connectivity index (χ1) is 8.56. The molecule has 18 heavy (non-hydrogen) atoms. The number of rotatable bonds is 3. The highest BCUT2D eigenvalue weighted by atomic mass is 32.2. The van der Waals surface area contributed by atoms with Crippen molar-refractivity contribution in [2.45, 2.75) is 43.2 Å². The zero-order chi connectivity index (χ0) is 12.8. The van der Waals surface area contributed by atoms with Gasteiger partial charge in [-0.25, -0.2) is 18.1 Å². The molecule has 0 saturated heterocycles. The maximum atomic E-state index is 12.2. The van der Waals surface area contributed by atoms with Crippen LogP contribution in [0.3, 0.4) is 0 Å². The number of sulfonamides is 1. The van der Waals surface area contributed by atoms with E-state index in [4.69, 9.17) is 0 Å². The number of aromatic nitrogens is 2. The first kappa shape index (κ1) is 12.2. The number of nitrogens with one attached hydrogen (secondary N) is 1. The molecule has 0 radical (unpaired) electrons. The minimum Gasteiger partial charge on any atom is -0.339 e. The van der Waals surface area contributed by atoms with Crippen LogP contribution >= 0.6 is 0 Å². The summed E-state index contributed by atoms with van der Waals surface area (Å²) in [4.78, 5) is 3.93. The van der Waals surface area contributed by atoms with E-state index in [0.29, 0.717) is 5.92 Å². The summed E-state index contributed by atoms with van der Waals surface area (Å²) in [5, 5.41) is 0.131.